The lowest BCUT2D eigenvalue weighted by atomic mass is 9.99. The number of carbonyl (C=O) groups is 1. The fraction of sp³-hybridized carbons (Fsp3) is 0.312. The lowest BCUT2D eigenvalue weighted by Crippen LogP contribution is -2.41. The van der Waals surface area contributed by atoms with E-state index in [9.17, 15) is 10.1 Å². The largest absolute Gasteiger partial charge is 0.332 e. The van der Waals surface area contributed by atoms with E-state index >= 15 is 0 Å². The summed E-state index contributed by atoms with van der Waals surface area (Å²) in [5.74, 6) is 0.149. The number of aromatic nitrogens is 2. The van der Waals surface area contributed by atoms with Gasteiger partial charge in [-0.2, -0.15) is 5.26 Å². The first-order valence-electron chi connectivity index (χ1n) is 7.00. The van der Waals surface area contributed by atoms with Crippen LogP contribution in [0.25, 0.3) is 0 Å². The maximum atomic E-state index is 12.5. The van der Waals surface area contributed by atoms with Crippen molar-refractivity contribution in [3.8, 4) is 6.07 Å². The molecule has 1 atom stereocenters. The van der Waals surface area contributed by atoms with Crippen molar-refractivity contribution >= 4 is 5.91 Å². The van der Waals surface area contributed by atoms with Gasteiger partial charge in [0.05, 0.1) is 12.6 Å². The Hall–Kier alpha value is -2.61. The van der Waals surface area contributed by atoms with E-state index in [-0.39, 0.29) is 5.91 Å². The number of hydrogen-bond acceptors (Lipinski definition) is 3. The number of amides is 1. The Balaban J connectivity index is 1.70. The van der Waals surface area contributed by atoms with Gasteiger partial charge in [-0.1, -0.05) is 30.3 Å². The summed E-state index contributed by atoms with van der Waals surface area (Å²) in [6, 6.07) is 11.8. The summed E-state index contributed by atoms with van der Waals surface area (Å²) in [5, 5.41) is 9.33. The van der Waals surface area contributed by atoms with Crippen LogP contribution < -0.4 is 0 Å². The molecule has 1 unspecified atom stereocenters. The molecule has 1 amide bonds. The Morgan fingerprint density at radius 2 is 2.14 bits per heavy atom. The molecule has 0 fully saturated rings. The predicted molar refractivity (Wildman–Crippen MR) is 76.9 cm³/mol. The second-order valence-corrected chi connectivity index (χ2v) is 5.17. The van der Waals surface area contributed by atoms with E-state index in [2.05, 4.69) is 11.1 Å². The van der Waals surface area contributed by atoms with Crippen molar-refractivity contribution in [3.05, 3.63) is 54.1 Å². The number of carbonyl (C=O) groups excluding carboxylic acids is 1. The second-order valence-electron chi connectivity index (χ2n) is 5.17. The number of imidazole rings is 1. The first kappa shape index (κ1) is 13.4. The van der Waals surface area contributed by atoms with E-state index in [0.29, 0.717) is 19.5 Å². The smallest absolute Gasteiger partial charge is 0.240 e. The SMILES string of the molecule is N#CC(Cc1ccccc1)C(=O)N1CCn2ccnc2C1. The van der Waals surface area contributed by atoms with Gasteiger partial charge in [0.25, 0.3) is 0 Å². The Labute approximate surface area is 123 Å². The van der Waals surface area contributed by atoms with Crippen LogP contribution in [0.2, 0.25) is 0 Å². The highest BCUT2D eigenvalue weighted by Gasteiger charge is 2.27. The van der Waals surface area contributed by atoms with Crippen molar-refractivity contribution < 1.29 is 4.79 Å². The zero-order valence-electron chi connectivity index (χ0n) is 11.6. The molecule has 0 spiro atoms. The average Bonchev–Trinajstić information content (AvgIpc) is 3.00. The topological polar surface area (TPSA) is 61.9 Å². The van der Waals surface area contributed by atoms with Crippen LogP contribution in [0, 0.1) is 17.2 Å². The van der Waals surface area contributed by atoms with Crippen molar-refractivity contribution in [2.45, 2.75) is 19.5 Å². The summed E-state index contributed by atoms with van der Waals surface area (Å²) < 4.78 is 2.04. The summed E-state index contributed by atoms with van der Waals surface area (Å²) >= 11 is 0. The summed E-state index contributed by atoms with van der Waals surface area (Å²) in [6.07, 6.45) is 4.12. The minimum Gasteiger partial charge on any atom is -0.332 e. The summed E-state index contributed by atoms with van der Waals surface area (Å²) in [6.45, 7) is 1.86. The van der Waals surface area contributed by atoms with E-state index in [1.54, 1.807) is 11.1 Å². The second kappa shape index (κ2) is 5.80. The Bertz CT molecular complexity index is 671. The number of rotatable bonds is 3. The van der Waals surface area contributed by atoms with Crippen molar-refractivity contribution in [2.75, 3.05) is 6.54 Å². The Morgan fingerprint density at radius 1 is 1.33 bits per heavy atom. The van der Waals surface area contributed by atoms with Gasteiger partial charge in [0.2, 0.25) is 5.91 Å². The van der Waals surface area contributed by atoms with Crippen LogP contribution in [0.3, 0.4) is 0 Å². The molecule has 2 aromatic rings. The molecule has 0 saturated heterocycles. The third-order valence-electron chi connectivity index (χ3n) is 3.79. The normalized spacial score (nSPS) is 15.1. The van der Waals surface area contributed by atoms with Gasteiger partial charge in [-0.25, -0.2) is 4.98 Å². The first-order chi connectivity index (χ1) is 10.3. The van der Waals surface area contributed by atoms with Crippen LogP contribution in [-0.2, 0) is 24.3 Å². The minimum absolute atomic E-state index is 0.101. The van der Waals surface area contributed by atoms with Crippen LogP contribution in [-0.4, -0.2) is 26.9 Å². The number of hydrogen-bond donors (Lipinski definition) is 0. The molecule has 106 valence electrons. The van der Waals surface area contributed by atoms with Gasteiger partial charge in [-0.15, -0.1) is 0 Å². The predicted octanol–water partition coefficient (Wildman–Crippen LogP) is 1.61. The molecule has 1 aromatic heterocycles. The van der Waals surface area contributed by atoms with Crippen LogP contribution >= 0.6 is 0 Å². The average molecular weight is 280 g/mol. The minimum atomic E-state index is -0.631. The number of fused-ring (bicyclic) bond motifs is 1. The lowest BCUT2D eigenvalue weighted by molar-refractivity contribution is -0.135. The maximum Gasteiger partial charge on any atom is 0.240 e. The molecule has 1 aromatic carbocycles. The fourth-order valence-electron chi connectivity index (χ4n) is 2.62. The highest BCUT2D eigenvalue weighted by molar-refractivity contribution is 5.81. The van der Waals surface area contributed by atoms with Crippen molar-refractivity contribution in [1.29, 1.82) is 5.26 Å². The van der Waals surface area contributed by atoms with E-state index < -0.39 is 5.92 Å². The van der Waals surface area contributed by atoms with Gasteiger partial charge < -0.3 is 9.47 Å². The van der Waals surface area contributed by atoms with Gasteiger partial charge >= 0.3 is 0 Å². The number of benzene rings is 1. The standard InChI is InChI=1S/C16H16N4O/c17-11-14(10-13-4-2-1-3-5-13)16(21)20-9-8-19-7-6-18-15(19)12-20/h1-7,14H,8-10,12H2. The van der Waals surface area contributed by atoms with E-state index in [0.717, 1.165) is 17.9 Å². The van der Waals surface area contributed by atoms with E-state index in [1.807, 2.05) is 41.1 Å². The molecule has 21 heavy (non-hydrogen) atoms. The van der Waals surface area contributed by atoms with Crippen molar-refractivity contribution in [2.24, 2.45) is 5.92 Å². The summed E-state index contributed by atoms with van der Waals surface area (Å²) in [4.78, 5) is 18.5. The molecule has 0 aliphatic carbocycles. The highest BCUT2D eigenvalue weighted by Crippen LogP contribution is 2.16. The quantitative estimate of drug-likeness (QED) is 0.858. The molecule has 0 radical (unpaired) electrons. The van der Waals surface area contributed by atoms with Gasteiger partial charge in [0.1, 0.15) is 11.7 Å². The van der Waals surface area contributed by atoms with Gasteiger partial charge in [-0.3, -0.25) is 4.79 Å². The fourth-order valence-corrected chi connectivity index (χ4v) is 2.62. The molecular weight excluding hydrogens is 264 g/mol. The monoisotopic (exact) mass is 280 g/mol. The van der Waals surface area contributed by atoms with Crippen molar-refractivity contribution in [1.82, 2.24) is 14.5 Å². The third-order valence-corrected chi connectivity index (χ3v) is 3.79. The Kier molecular flexibility index (Phi) is 3.69. The van der Waals surface area contributed by atoms with Gasteiger partial charge in [-0.05, 0) is 12.0 Å². The maximum absolute atomic E-state index is 12.5. The third kappa shape index (κ3) is 2.79. The molecule has 0 bridgehead atoms. The van der Waals surface area contributed by atoms with Crippen LogP contribution in [0.4, 0.5) is 0 Å². The molecule has 0 N–H and O–H groups in total. The van der Waals surface area contributed by atoms with Crippen LogP contribution in [0.5, 0.6) is 0 Å². The van der Waals surface area contributed by atoms with Crippen LogP contribution in [0.15, 0.2) is 42.7 Å². The number of nitrogens with zero attached hydrogens (tertiary/aromatic N) is 4. The zero-order chi connectivity index (χ0) is 14.7. The molecule has 5 heteroatoms. The van der Waals surface area contributed by atoms with Gasteiger partial charge in [0, 0.05) is 25.5 Å². The highest BCUT2D eigenvalue weighted by atomic mass is 16.2. The number of nitriles is 1. The summed E-state index contributed by atoms with van der Waals surface area (Å²) in [5.41, 5.74) is 1.01. The molecule has 3 rings (SSSR count). The van der Waals surface area contributed by atoms with Crippen LogP contribution in [0.1, 0.15) is 11.4 Å². The molecule has 1 aliphatic heterocycles. The molecular formula is C16H16N4O. The van der Waals surface area contributed by atoms with Crippen molar-refractivity contribution in [3.63, 3.8) is 0 Å². The molecule has 1 aliphatic rings. The molecule has 0 saturated carbocycles. The van der Waals surface area contributed by atoms with E-state index in [1.165, 1.54) is 0 Å². The van der Waals surface area contributed by atoms with E-state index in [4.69, 9.17) is 0 Å². The zero-order valence-corrected chi connectivity index (χ0v) is 11.6. The Morgan fingerprint density at radius 3 is 2.90 bits per heavy atom. The molecule has 5 nitrogen and oxygen atoms in total. The summed E-state index contributed by atoms with van der Waals surface area (Å²) in [7, 11) is 0. The first-order valence-corrected chi connectivity index (χ1v) is 7.00. The molecule has 2 heterocycles. The lowest BCUT2D eigenvalue weighted by Gasteiger charge is -2.29. The van der Waals surface area contributed by atoms with Gasteiger partial charge in [0.15, 0.2) is 0 Å².